The molecule has 5 heteroatoms. The first kappa shape index (κ1) is 15.4. The summed E-state index contributed by atoms with van der Waals surface area (Å²) in [5, 5.41) is 0. The SMILES string of the molecule is NC(Cc1cc(F)cc(Br)c1)c1cc(Br)ccc1I. The van der Waals surface area contributed by atoms with E-state index in [1.165, 1.54) is 12.1 Å². The molecule has 0 aliphatic heterocycles. The van der Waals surface area contributed by atoms with E-state index >= 15 is 0 Å². The first-order chi connectivity index (χ1) is 8.95. The van der Waals surface area contributed by atoms with Gasteiger partial charge < -0.3 is 5.73 Å². The molecule has 0 bridgehead atoms. The molecule has 0 aliphatic carbocycles. The Morgan fingerprint density at radius 3 is 2.53 bits per heavy atom. The predicted octanol–water partition coefficient (Wildman–Crippen LogP) is 5.20. The first-order valence-corrected chi connectivity index (χ1v) is 8.27. The third kappa shape index (κ3) is 4.24. The number of hydrogen-bond donors (Lipinski definition) is 1. The molecule has 0 spiro atoms. The highest BCUT2D eigenvalue weighted by Gasteiger charge is 2.12. The number of benzene rings is 2. The van der Waals surface area contributed by atoms with Crippen LogP contribution < -0.4 is 5.73 Å². The van der Waals surface area contributed by atoms with Crippen molar-refractivity contribution < 1.29 is 4.39 Å². The Balaban J connectivity index is 2.25. The van der Waals surface area contributed by atoms with Gasteiger partial charge in [0.1, 0.15) is 5.82 Å². The van der Waals surface area contributed by atoms with Crippen LogP contribution in [-0.4, -0.2) is 0 Å². The van der Waals surface area contributed by atoms with Crippen LogP contribution in [-0.2, 0) is 6.42 Å². The van der Waals surface area contributed by atoms with E-state index in [1.54, 1.807) is 0 Å². The highest BCUT2D eigenvalue weighted by molar-refractivity contribution is 14.1. The van der Waals surface area contributed by atoms with Gasteiger partial charge in [-0.1, -0.05) is 31.9 Å². The second-order valence-corrected chi connectivity index (χ2v) is 7.25. The minimum atomic E-state index is -0.250. The Morgan fingerprint density at radius 1 is 1.11 bits per heavy atom. The van der Waals surface area contributed by atoms with Gasteiger partial charge in [0.2, 0.25) is 0 Å². The van der Waals surface area contributed by atoms with Crippen molar-refractivity contribution in [2.45, 2.75) is 12.5 Å². The van der Waals surface area contributed by atoms with Crippen LogP contribution in [0.5, 0.6) is 0 Å². The van der Waals surface area contributed by atoms with E-state index in [0.717, 1.165) is 23.6 Å². The average Bonchev–Trinajstić information content (AvgIpc) is 2.30. The third-order valence-corrected chi connectivity index (χ3v) is 4.67. The summed E-state index contributed by atoms with van der Waals surface area (Å²) in [4.78, 5) is 0. The Labute approximate surface area is 142 Å². The van der Waals surface area contributed by atoms with Crippen molar-refractivity contribution in [1.29, 1.82) is 0 Å². The minimum absolute atomic E-state index is 0.155. The van der Waals surface area contributed by atoms with E-state index in [9.17, 15) is 4.39 Å². The molecule has 0 fully saturated rings. The quantitative estimate of drug-likeness (QED) is 0.579. The maximum atomic E-state index is 13.3. The number of rotatable bonds is 3. The van der Waals surface area contributed by atoms with Crippen LogP contribution in [0.4, 0.5) is 4.39 Å². The van der Waals surface area contributed by atoms with Gasteiger partial charge in [0.15, 0.2) is 0 Å². The molecule has 0 heterocycles. The monoisotopic (exact) mass is 497 g/mol. The van der Waals surface area contributed by atoms with Crippen LogP contribution in [0.25, 0.3) is 0 Å². The lowest BCUT2D eigenvalue weighted by atomic mass is 10.00. The fraction of sp³-hybridized carbons (Fsp3) is 0.143. The minimum Gasteiger partial charge on any atom is -0.324 e. The molecule has 1 atom stereocenters. The smallest absolute Gasteiger partial charge is 0.124 e. The van der Waals surface area contributed by atoms with Crippen LogP contribution in [0.2, 0.25) is 0 Å². The summed E-state index contributed by atoms with van der Waals surface area (Å²) in [5.74, 6) is -0.250. The summed E-state index contributed by atoms with van der Waals surface area (Å²) in [6, 6.07) is 10.7. The van der Waals surface area contributed by atoms with Crippen LogP contribution in [0.1, 0.15) is 17.2 Å². The zero-order chi connectivity index (χ0) is 14.0. The normalized spacial score (nSPS) is 12.5. The molecule has 0 radical (unpaired) electrons. The van der Waals surface area contributed by atoms with Gasteiger partial charge in [0, 0.05) is 18.6 Å². The molecule has 2 rings (SSSR count). The molecule has 0 saturated carbocycles. The van der Waals surface area contributed by atoms with E-state index < -0.39 is 0 Å². The zero-order valence-electron chi connectivity index (χ0n) is 9.84. The lowest BCUT2D eigenvalue weighted by Gasteiger charge is -2.15. The molecule has 0 saturated heterocycles. The Bertz CT molecular complexity index is 584. The van der Waals surface area contributed by atoms with Crippen molar-refractivity contribution >= 4 is 54.5 Å². The summed E-state index contributed by atoms with van der Waals surface area (Å²) in [6.07, 6.45) is 0.600. The topological polar surface area (TPSA) is 26.0 Å². The maximum absolute atomic E-state index is 13.3. The van der Waals surface area contributed by atoms with Crippen molar-refractivity contribution in [3.05, 3.63) is 65.9 Å². The van der Waals surface area contributed by atoms with Crippen molar-refractivity contribution in [3.63, 3.8) is 0 Å². The summed E-state index contributed by atoms with van der Waals surface area (Å²) in [5.41, 5.74) is 8.18. The van der Waals surface area contributed by atoms with Crippen molar-refractivity contribution in [2.24, 2.45) is 5.73 Å². The van der Waals surface area contributed by atoms with Gasteiger partial charge >= 0.3 is 0 Å². The molecule has 0 amide bonds. The number of halogens is 4. The third-order valence-electron chi connectivity index (χ3n) is 2.74. The Morgan fingerprint density at radius 2 is 1.84 bits per heavy atom. The number of nitrogens with two attached hydrogens (primary N) is 1. The average molecular weight is 499 g/mol. The highest BCUT2D eigenvalue weighted by atomic mass is 127. The van der Waals surface area contributed by atoms with Crippen LogP contribution in [0.3, 0.4) is 0 Å². The molecular weight excluding hydrogens is 488 g/mol. The van der Waals surface area contributed by atoms with Crippen molar-refractivity contribution in [3.8, 4) is 0 Å². The van der Waals surface area contributed by atoms with Crippen LogP contribution in [0, 0.1) is 9.39 Å². The van der Waals surface area contributed by atoms with Gasteiger partial charge in [-0.3, -0.25) is 0 Å². The lowest BCUT2D eigenvalue weighted by Crippen LogP contribution is -2.15. The molecule has 19 heavy (non-hydrogen) atoms. The first-order valence-electron chi connectivity index (χ1n) is 5.61. The molecule has 100 valence electrons. The standard InChI is InChI=1S/C14H11Br2FIN/c15-9-1-2-13(18)12(7-9)14(19)5-8-3-10(16)6-11(17)4-8/h1-4,6-7,14H,5,19H2. The lowest BCUT2D eigenvalue weighted by molar-refractivity contribution is 0.621. The highest BCUT2D eigenvalue weighted by Crippen LogP contribution is 2.26. The summed E-state index contributed by atoms with van der Waals surface area (Å²) >= 11 is 9.01. The molecular formula is C14H11Br2FIN. The van der Waals surface area contributed by atoms with Crippen LogP contribution in [0.15, 0.2) is 45.3 Å². The molecule has 0 aliphatic rings. The van der Waals surface area contributed by atoms with E-state index in [-0.39, 0.29) is 11.9 Å². The molecule has 0 aromatic heterocycles. The van der Waals surface area contributed by atoms with Gasteiger partial charge in [0.05, 0.1) is 0 Å². The fourth-order valence-corrected chi connectivity index (χ4v) is 3.52. The zero-order valence-corrected chi connectivity index (χ0v) is 15.2. The molecule has 2 N–H and O–H groups in total. The Kier molecular flexibility index (Phi) is 5.39. The van der Waals surface area contributed by atoms with E-state index in [2.05, 4.69) is 54.5 Å². The van der Waals surface area contributed by atoms with Gasteiger partial charge in [-0.25, -0.2) is 4.39 Å². The van der Waals surface area contributed by atoms with E-state index in [1.807, 2.05) is 24.3 Å². The van der Waals surface area contributed by atoms with Crippen molar-refractivity contribution in [1.82, 2.24) is 0 Å². The number of hydrogen-bond acceptors (Lipinski definition) is 1. The second kappa shape index (κ2) is 6.65. The van der Waals surface area contributed by atoms with Crippen LogP contribution >= 0.6 is 54.5 Å². The van der Waals surface area contributed by atoms with Gasteiger partial charge in [-0.15, -0.1) is 0 Å². The van der Waals surface area contributed by atoms with Crippen molar-refractivity contribution in [2.75, 3.05) is 0 Å². The molecule has 2 aromatic rings. The summed E-state index contributed by atoms with van der Waals surface area (Å²) < 4.78 is 16.2. The Hall–Kier alpha value is 0.0200. The largest absolute Gasteiger partial charge is 0.324 e. The van der Waals surface area contributed by atoms with Gasteiger partial charge in [-0.05, 0) is 76.5 Å². The fourth-order valence-electron chi connectivity index (χ4n) is 1.89. The molecule has 1 unspecified atom stereocenters. The van der Waals surface area contributed by atoms with E-state index in [4.69, 9.17) is 5.73 Å². The maximum Gasteiger partial charge on any atom is 0.124 e. The summed E-state index contributed by atoms with van der Waals surface area (Å²) in [7, 11) is 0. The van der Waals surface area contributed by atoms with E-state index in [0.29, 0.717) is 6.42 Å². The van der Waals surface area contributed by atoms with Gasteiger partial charge in [-0.2, -0.15) is 0 Å². The summed E-state index contributed by atoms with van der Waals surface area (Å²) in [6.45, 7) is 0. The molecule has 2 aromatic carbocycles. The predicted molar refractivity (Wildman–Crippen MR) is 91.6 cm³/mol. The molecule has 1 nitrogen and oxygen atoms in total. The van der Waals surface area contributed by atoms with Gasteiger partial charge in [0.25, 0.3) is 0 Å². The second-order valence-electron chi connectivity index (χ2n) is 4.25.